The smallest absolute Gasteiger partial charge is 0.262 e. The van der Waals surface area contributed by atoms with Crippen molar-refractivity contribution in [3.8, 4) is 0 Å². The summed E-state index contributed by atoms with van der Waals surface area (Å²) in [5.74, 6) is -0.630. The zero-order chi connectivity index (χ0) is 16.4. The Labute approximate surface area is 135 Å². The average molecular weight is 331 g/mol. The molecule has 118 valence electrons. The lowest BCUT2D eigenvalue weighted by atomic mass is 10.1. The molecule has 0 aliphatic rings. The van der Waals surface area contributed by atoms with E-state index in [1.807, 2.05) is 0 Å². The van der Waals surface area contributed by atoms with Crippen molar-refractivity contribution in [2.75, 3.05) is 0 Å². The SMILES string of the molecule is C[C@@H](NC(=O)Cn1cnc2sccc2c1=O)c1ccc(F)cc1. The van der Waals surface area contributed by atoms with Crippen molar-refractivity contribution in [3.05, 3.63) is 63.8 Å². The minimum Gasteiger partial charge on any atom is -0.348 e. The number of amides is 1. The molecule has 0 spiro atoms. The van der Waals surface area contributed by atoms with Gasteiger partial charge in [-0.1, -0.05) is 12.1 Å². The molecule has 1 atom stereocenters. The third-order valence-electron chi connectivity index (χ3n) is 3.51. The van der Waals surface area contributed by atoms with Crippen LogP contribution in [-0.4, -0.2) is 15.5 Å². The third kappa shape index (κ3) is 3.29. The molecule has 1 aromatic carbocycles. The van der Waals surface area contributed by atoms with E-state index in [1.54, 1.807) is 30.5 Å². The van der Waals surface area contributed by atoms with Gasteiger partial charge < -0.3 is 5.32 Å². The zero-order valence-corrected chi connectivity index (χ0v) is 13.1. The Kier molecular flexibility index (Phi) is 4.20. The summed E-state index contributed by atoms with van der Waals surface area (Å²) in [5, 5.41) is 5.09. The maximum absolute atomic E-state index is 12.9. The van der Waals surface area contributed by atoms with E-state index in [0.717, 1.165) is 5.56 Å². The monoisotopic (exact) mass is 331 g/mol. The number of rotatable bonds is 4. The number of hydrogen-bond acceptors (Lipinski definition) is 4. The van der Waals surface area contributed by atoms with Crippen LogP contribution in [0.1, 0.15) is 18.5 Å². The highest BCUT2D eigenvalue weighted by Gasteiger charge is 2.12. The number of carbonyl (C=O) groups is 1. The van der Waals surface area contributed by atoms with Crippen molar-refractivity contribution in [2.24, 2.45) is 0 Å². The molecule has 2 heterocycles. The van der Waals surface area contributed by atoms with Crippen LogP contribution in [-0.2, 0) is 11.3 Å². The molecule has 0 bridgehead atoms. The predicted molar refractivity (Wildman–Crippen MR) is 86.8 cm³/mol. The minimum atomic E-state index is -0.325. The summed E-state index contributed by atoms with van der Waals surface area (Å²) < 4.78 is 14.2. The van der Waals surface area contributed by atoms with Crippen LogP contribution in [0.15, 0.2) is 46.8 Å². The van der Waals surface area contributed by atoms with Gasteiger partial charge in [-0.2, -0.15) is 0 Å². The van der Waals surface area contributed by atoms with Crippen LogP contribution in [0, 0.1) is 5.82 Å². The molecule has 23 heavy (non-hydrogen) atoms. The molecule has 0 saturated carbocycles. The van der Waals surface area contributed by atoms with E-state index in [4.69, 9.17) is 0 Å². The van der Waals surface area contributed by atoms with Gasteiger partial charge in [0.05, 0.1) is 17.8 Å². The summed E-state index contributed by atoms with van der Waals surface area (Å²) in [5.41, 5.74) is 0.555. The molecule has 0 saturated heterocycles. The molecule has 7 heteroatoms. The summed E-state index contributed by atoms with van der Waals surface area (Å²) in [4.78, 5) is 29.2. The first-order valence-corrected chi connectivity index (χ1v) is 7.90. The van der Waals surface area contributed by atoms with Crippen molar-refractivity contribution in [1.82, 2.24) is 14.9 Å². The van der Waals surface area contributed by atoms with E-state index in [2.05, 4.69) is 10.3 Å². The number of benzene rings is 1. The highest BCUT2D eigenvalue weighted by Crippen LogP contribution is 2.14. The topological polar surface area (TPSA) is 64.0 Å². The molecule has 2 aromatic heterocycles. The summed E-state index contributed by atoms with van der Waals surface area (Å²) in [6, 6.07) is 7.34. The second-order valence-electron chi connectivity index (χ2n) is 5.16. The Morgan fingerprint density at radius 3 is 2.83 bits per heavy atom. The van der Waals surface area contributed by atoms with Gasteiger partial charge in [0.15, 0.2) is 0 Å². The lowest BCUT2D eigenvalue weighted by Gasteiger charge is -2.14. The molecule has 0 aliphatic heterocycles. The second-order valence-corrected chi connectivity index (χ2v) is 6.05. The predicted octanol–water partition coefficient (Wildman–Crippen LogP) is 2.47. The van der Waals surface area contributed by atoms with Crippen LogP contribution in [0.4, 0.5) is 4.39 Å². The molecule has 1 N–H and O–H groups in total. The Hall–Kier alpha value is -2.54. The molecule has 0 fully saturated rings. The number of nitrogens with zero attached hydrogens (tertiary/aromatic N) is 2. The van der Waals surface area contributed by atoms with Gasteiger partial charge in [0.25, 0.3) is 5.56 Å². The first-order valence-electron chi connectivity index (χ1n) is 7.02. The minimum absolute atomic E-state index is 0.108. The van der Waals surface area contributed by atoms with Gasteiger partial charge >= 0.3 is 0 Å². The van der Waals surface area contributed by atoms with Gasteiger partial charge in [0.1, 0.15) is 17.2 Å². The van der Waals surface area contributed by atoms with E-state index in [-0.39, 0.29) is 29.9 Å². The Morgan fingerprint density at radius 1 is 1.35 bits per heavy atom. The Morgan fingerprint density at radius 2 is 2.09 bits per heavy atom. The quantitative estimate of drug-likeness (QED) is 0.799. The highest BCUT2D eigenvalue weighted by molar-refractivity contribution is 7.16. The van der Waals surface area contributed by atoms with E-state index in [0.29, 0.717) is 10.2 Å². The normalized spacial score (nSPS) is 12.3. The molecule has 5 nitrogen and oxygen atoms in total. The Balaban J connectivity index is 1.72. The van der Waals surface area contributed by atoms with Crippen LogP contribution in [0.2, 0.25) is 0 Å². The van der Waals surface area contributed by atoms with Crippen LogP contribution < -0.4 is 10.9 Å². The fourth-order valence-electron chi connectivity index (χ4n) is 2.28. The Bertz CT molecular complexity index is 902. The maximum Gasteiger partial charge on any atom is 0.262 e. The van der Waals surface area contributed by atoms with Crippen LogP contribution in [0.5, 0.6) is 0 Å². The number of fused-ring (bicyclic) bond motifs is 1. The fourth-order valence-corrected chi connectivity index (χ4v) is 3.01. The van der Waals surface area contributed by atoms with Gasteiger partial charge in [-0.05, 0) is 36.1 Å². The average Bonchev–Trinajstić information content (AvgIpc) is 3.00. The number of thiophene rings is 1. The van der Waals surface area contributed by atoms with Crippen molar-refractivity contribution in [1.29, 1.82) is 0 Å². The fraction of sp³-hybridized carbons (Fsp3) is 0.188. The maximum atomic E-state index is 12.9. The first-order chi connectivity index (χ1) is 11.0. The van der Waals surface area contributed by atoms with E-state index < -0.39 is 0 Å². The lowest BCUT2D eigenvalue weighted by molar-refractivity contribution is -0.122. The first kappa shape index (κ1) is 15.4. The number of carbonyl (C=O) groups excluding carboxylic acids is 1. The molecule has 0 unspecified atom stereocenters. The van der Waals surface area contributed by atoms with Gasteiger partial charge in [0, 0.05) is 0 Å². The van der Waals surface area contributed by atoms with Crippen molar-refractivity contribution >= 4 is 27.5 Å². The van der Waals surface area contributed by atoms with Crippen LogP contribution in [0.3, 0.4) is 0 Å². The number of nitrogens with one attached hydrogen (secondary N) is 1. The molecule has 0 radical (unpaired) electrons. The number of halogens is 1. The van der Waals surface area contributed by atoms with Gasteiger partial charge in [-0.25, -0.2) is 9.37 Å². The highest BCUT2D eigenvalue weighted by atomic mass is 32.1. The van der Waals surface area contributed by atoms with Crippen LogP contribution in [0.25, 0.3) is 10.2 Å². The van der Waals surface area contributed by atoms with Gasteiger partial charge in [0.2, 0.25) is 5.91 Å². The van der Waals surface area contributed by atoms with E-state index in [9.17, 15) is 14.0 Å². The summed E-state index contributed by atoms with van der Waals surface area (Å²) in [7, 11) is 0. The molecular weight excluding hydrogens is 317 g/mol. The molecular formula is C16H14FN3O2S. The summed E-state index contributed by atoms with van der Waals surface area (Å²) in [6.07, 6.45) is 1.38. The molecule has 3 rings (SSSR count). The second kappa shape index (κ2) is 6.29. The molecule has 3 aromatic rings. The summed E-state index contributed by atoms with van der Waals surface area (Å²) >= 11 is 1.38. The zero-order valence-electron chi connectivity index (χ0n) is 12.3. The summed E-state index contributed by atoms with van der Waals surface area (Å²) in [6.45, 7) is 1.69. The largest absolute Gasteiger partial charge is 0.348 e. The van der Waals surface area contributed by atoms with Gasteiger partial charge in [-0.3, -0.25) is 14.2 Å². The van der Waals surface area contributed by atoms with E-state index in [1.165, 1.54) is 34.4 Å². The van der Waals surface area contributed by atoms with Crippen molar-refractivity contribution in [3.63, 3.8) is 0 Å². The van der Waals surface area contributed by atoms with Crippen molar-refractivity contribution in [2.45, 2.75) is 19.5 Å². The van der Waals surface area contributed by atoms with Gasteiger partial charge in [-0.15, -0.1) is 11.3 Å². The lowest BCUT2D eigenvalue weighted by Crippen LogP contribution is -2.33. The molecule has 0 aliphatic carbocycles. The molecule has 1 amide bonds. The van der Waals surface area contributed by atoms with E-state index >= 15 is 0 Å². The van der Waals surface area contributed by atoms with Crippen molar-refractivity contribution < 1.29 is 9.18 Å². The third-order valence-corrected chi connectivity index (χ3v) is 4.33. The number of hydrogen-bond donors (Lipinski definition) is 1. The van der Waals surface area contributed by atoms with Crippen LogP contribution >= 0.6 is 11.3 Å². The number of aromatic nitrogens is 2. The standard InChI is InChI=1S/C16H14FN3O2S/c1-10(11-2-4-12(17)5-3-11)19-14(21)8-20-9-18-15-13(16(20)22)6-7-23-15/h2-7,9-10H,8H2,1H3,(H,19,21)/t10-/m1/s1.